The van der Waals surface area contributed by atoms with Crippen LogP contribution in [0.3, 0.4) is 0 Å². The standard InChI is InChI=1S/C15H23N3O/c1-13(19)17-9-8-16-12-14-6-2-3-7-15(14)18-10-4-5-11-18/h2-3,6-7,16H,4-5,8-12H2,1H3,(H,17,19). The summed E-state index contributed by atoms with van der Waals surface area (Å²) in [6.45, 7) is 6.22. The molecule has 0 atom stereocenters. The molecule has 1 aromatic carbocycles. The predicted molar refractivity (Wildman–Crippen MR) is 78.3 cm³/mol. The van der Waals surface area contributed by atoms with Crippen LogP contribution in [0.2, 0.25) is 0 Å². The third-order valence-electron chi connectivity index (χ3n) is 3.43. The Balaban J connectivity index is 1.84. The van der Waals surface area contributed by atoms with Gasteiger partial charge < -0.3 is 15.5 Å². The minimum Gasteiger partial charge on any atom is -0.371 e. The fourth-order valence-corrected chi connectivity index (χ4v) is 2.48. The molecule has 0 spiro atoms. The van der Waals surface area contributed by atoms with E-state index in [0.29, 0.717) is 6.54 Å². The number of carbonyl (C=O) groups excluding carboxylic acids is 1. The molecule has 0 unspecified atom stereocenters. The quantitative estimate of drug-likeness (QED) is 0.763. The summed E-state index contributed by atoms with van der Waals surface area (Å²) in [5, 5.41) is 6.17. The molecule has 0 radical (unpaired) electrons. The summed E-state index contributed by atoms with van der Waals surface area (Å²) >= 11 is 0. The highest BCUT2D eigenvalue weighted by atomic mass is 16.1. The molecule has 1 aliphatic heterocycles. The van der Waals surface area contributed by atoms with Crippen LogP contribution in [0.4, 0.5) is 5.69 Å². The number of hydrogen-bond donors (Lipinski definition) is 2. The summed E-state index contributed by atoms with van der Waals surface area (Å²) in [6, 6.07) is 8.58. The molecule has 1 heterocycles. The third kappa shape index (κ3) is 4.24. The Morgan fingerprint density at radius 2 is 1.95 bits per heavy atom. The number of hydrogen-bond acceptors (Lipinski definition) is 3. The average molecular weight is 261 g/mol. The molecular weight excluding hydrogens is 238 g/mol. The van der Waals surface area contributed by atoms with E-state index >= 15 is 0 Å². The topological polar surface area (TPSA) is 44.4 Å². The molecule has 1 amide bonds. The largest absolute Gasteiger partial charge is 0.371 e. The highest BCUT2D eigenvalue weighted by molar-refractivity contribution is 5.72. The van der Waals surface area contributed by atoms with Gasteiger partial charge in [-0.05, 0) is 24.5 Å². The minimum absolute atomic E-state index is 0.0271. The van der Waals surface area contributed by atoms with Crippen LogP contribution in [0.15, 0.2) is 24.3 Å². The van der Waals surface area contributed by atoms with E-state index in [0.717, 1.165) is 13.1 Å². The van der Waals surface area contributed by atoms with Gasteiger partial charge >= 0.3 is 0 Å². The van der Waals surface area contributed by atoms with E-state index < -0.39 is 0 Å². The number of carbonyl (C=O) groups is 1. The normalized spacial score (nSPS) is 14.7. The molecule has 19 heavy (non-hydrogen) atoms. The Bertz CT molecular complexity index is 414. The maximum Gasteiger partial charge on any atom is 0.216 e. The Kier molecular flexibility index (Phi) is 5.21. The number of nitrogens with zero attached hydrogens (tertiary/aromatic N) is 1. The Hall–Kier alpha value is -1.55. The van der Waals surface area contributed by atoms with Crippen molar-refractivity contribution < 1.29 is 4.79 Å². The zero-order valence-corrected chi connectivity index (χ0v) is 11.6. The molecule has 4 heteroatoms. The molecule has 1 fully saturated rings. The lowest BCUT2D eigenvalue weighted by molar-refractivity contribution is -0.118. The summed E-state index contributed by atoms with van der Waals surface area (Å²) < 4.78 is 0. The monoisotopic (exact) mass is 261 g/mol. The van der Waals surface area contributed by atoms with Gasteiger partial charge in [-0.3, -0.25) is 4.79 Å². The van der Waals surface area contributed by atoms with Gasteiger partial charge in [0.15, 0.2) is 0 Å². The van der Waals surface area contributed by atoms with Crippen LogP contribution in [0, 0.1) is 0 Å². The van der Waals surface area contributed by atoms with Gasteiger partial charge in [0.25, 0.3) is 0 Å². The fraction of sp³-hybridized carbons (Fsp3) is 0.533. The zero-order chi connectivity index (χ0) is 13.5. The van der Waals surface area contributed by atoms with Crippen molar-refractivity contribution >= 4 is 11.6 Å². The van der Waals surface area contributed by atoms with Crippen molar-refractivity contribution in [3.05, 3.63) is 29.8 Å². The van der Waals surface area contributed by atoms with Gasteiger partial charge in [-0.2, -0.15) is 0 Å². The number of amides is 1. The molecule has 0 aliphatic carbocycles. The highest BCUT2D eigenvalue weighted by Gasteiger charge is 2.14. The van der Waals surface area contributed by atoms with Crippen LogP contribution in [0.5, 0.6) is 0 Å². The van der Waals surface area contributed by atoms with Gasteiger partial charge in [-0.1, -0.05) is 18.2 Å². The summed E-state index contributed by atoms with van der Waals surface area (Å²) in [5.41, 5.74) is 2.69. The molecule has 2 N–H and O–H groups in total. The smallest absolute Gasteiger partial charge is 0.216 e. The van der Waals surface area contributed by atoms with Crippen LogP contribution in [-0.2, 0) is 11.3 Å². The molecule has 0 saturated carbocycles. The van der Waals surface area contributed by atoms with Crippen LogP contribution >= 0.6 is 0 Å². The molecular formula is C15H23N3O. The Morgan fingerprint density at radius 1 is 1.21 bits per heavy atom. The predicted octanol–water partition coefficient (Wildman–Crippen LogP) is 1.51. The van der Waals surface area contributed by atoms with Crippen LogP contribution in [-0.4, -0.2) is 32.1 Å². The average Bonchev–Trinajstić information content (AvgIpc) is 2.92. The summed E-state index contributed by atoms with van der Waals surface area (Å²) in [4.78, 5) is 13.2. The minimum atomic E-state index is 0.0271. The van der Waals surface area contributed by atoms with Crippen molar-refractivity contribution in [2.75, 3.05) is 31.1 Å². The number of nitrogens with one attached hydrogen (secondary N) is 2. The van der Waals surface area contributed by atoms with E-state index in [2.05, 4.69) is 39.8 Å². The van der Waals surface area contributed by atoms with Gasteiger partial charge in [0, 0.05) is 45.3 Å². The Labute approximate surface area is 115 Å². The van der Waals surface area contributed by atoms with E-state index in [4.69, 9.17) is 0 Å². The first-order valence-electron chi connectivity index (χ1n) is 7.05. The van der Waals surface area contributed by atoms with Gasteiger partial charge in [0.05, 0.1) is 0 Å². The van der Waals surface area contributed by atoms with Gasteiger partial charge in [-0.25, -0.2) is 0 Å². The van der Waals surface area contributed by atoms with Crippen molar-refractivity contribution in [2.45, 2.75) is 26.3 Å². The molecule has 104 valence electrons. The fourth-order valence-electron chi connectivity index (χ4n) is 2.48. The van der Waals surface area contributed by atoms with Crippen LogP contribution in [0.1, 0.15) is 25.3 Å². The van der Waals surface area contributed by atoms with Crippen LogP contribution in [0.25, 0.3) is 0 Å². The van der Waals surface area contributed by atoms with E-state index in [1.807, 2.05) is 0 Å². The first-order chi connectivity index (χ1) is 9.27. The zero-order valence-electron chi connectivity index (χ0n) is 11.6. The van der Waals surface area contributed by atoms with Gasteiger partial charge in [-0.15, -0.1) is 0 Å². The summed E-state index contributed by atoms with van der Waals surface area (Å²) in [5.74, 6) is 0.0271. The van der Waals surface area contributed by atoms with Gasteiger partial charge in [0.1, 0.15) is 0 Å². The number of para-hydroxylation sites is 1. The van der Waals surface area contributed by atoms with Crippen LogP contribution < -0.4 is 15.5 Å². The molecule has 0 aromatic heterocycles. The maximum atomic E-state index is 10.8. The molecule has 4 nitrogen and oxygen atoms in total. The molecule has 2 rings (SSSR count). The molecule has 0 bridgehead atoms. The lowest BCUT2D eigenvalue weighted by Crippen LogP contribution is -2.30. The number of benzene rings is 1. The van der Waals surface area contributed by atoms with Crippen molar-refractivity contribution in [1.29, 1.82) is 0 Å². The van der Waals surface area contributed by atoms with E-state index in [1.54, 1.807) is 6.92 Å². The van der Waals surface area contributed by atoms with E-state index in [-0.39, 0.29) is 5.91 Å². The lowest BCUT2D eigenvalue weighted by Gasteiger charge is -2.21. The number of rotatable bonds is 6. The van der Waals surface area contributed by atoms with Gasteiger partial charge in [0.2, 0.25) is 5.91 Å². The summed E-state index contributed by atoms with van der Waals surface area (Å²) in [6.07, 6.45) is 2.59. The van der Waals surface area contributed by atoms with Crippen molar-refractivity contribution in [3.8, 4) is 0 Å². The van der Waals surface area contributed by atoms with Crippen molar-refractivity contribution in [3.63, 3.8) is 0 Å². The second kappa shape index (κ2) is 7.14. The first kappa shape index (κ1) is 13.9. The first-order valence-corrected chi connectivity index (χ1v) is 7.05. The highest BCUT2D eigenvalue weighted by Crippen LogP contribution is 2.24. The number of anilines is 1. The molecule has 1 saturated heterocycles. The lowest BCUT2D eigenvalue weighted by atomic mass is 10.1. The second-order valence-corrected chi connectivity index (χ2v) is 4.98. The maximum absolute atomic E-state index is 10.8. The summed E-state index contributed by atoms with van der Waals surface area (Å²) in [7, 11) is 0. The van der Waals surface area contributed by atoms with Crippen molar-refractivity contribution in [2.24, 2.45) is 0 Å². The third-order valence-corrected chi connectivity index (χ3v) is 3.43. The SMILES string of the molecule is CC(=O)NCCNCc1ccccc1N1CCCC1. The second-order valence-electron chi connectivity index (χ2n) is 4.98. The van der Waals surface area contributed by atoms with Crippen molar-refractivity contribution in [1.82, 2.24) is 10.6 Å². The molecule has 1 aliphatic rings. The van der Waals surface area contributed by atoms with E-state index in [1.165, 1.54) is 37.2 Å². The Morgan fingerprint density at radius 3 is 2.68 bits per heavy atom. The van der Waals surface area contributed by atoms with E-state index in [9.17, 15) is 4.79 Å². The molecule has 1 aromatic rings.